The Balaban J connectivity index is 2.30. The van der Waals surface area contributed by atoms with Crippen molar-refractivity contribution in [2.45, 2.75) is 52.4 Å². The zero-order valence-corrected chi connectivity index (χ0v) is 12.9. The van der Waals surface area contributed by atoms with Gasteiger partial charge in [0.25, 0.3) is 0 Å². The van der Waals surface area contributed by atoms with E-state index in [1.165, 1.54) is 6.42 Å². The number of aliphatic carboxylic acids is 1. The Kier molecular flexibility index (Phi) is 7.19. The van der Waals surface area contributed by atoms with Gasteiger partial charge < -0.3 is 10.0 Å². The highest BCUT2D eigenvalue weighted by Gasteiger charge is 2.23. The molecule has 0 saturated carbocycles. The molecule has 1 aliphatic rings. The lowest BCUT2D eigenvalue weighted by Gasteiger charge is -2.31. The fourth-order valence-corrected chi connectivity index (χ4v) is 2.77. The Bertz CT molecular complexity index is 376. The van der Waals surface area contributed by atoms with Crippen LogP contribution in [0.5, 0.6) is 0 Å². The Hall–Kier alpha value is -1.59. The van der Waals surface area contributed by atoms with Gasteiger partial charge >= 0.3 is 12.0 Å². The first-order valence-corrected chi connectivity index (χ1v) is 7.72. The van der Waals surface area contributed by atoms with Crippen LogP contribution in [0.3, 0.4) is 0 Å². The number of nitrogens with zero attached hydrogens (tertiary/aromatic N) is 1. The largest absolute Gasteiger partial charge is 0.481 e. The lowest BCUT2D eigenvalue weighted by molar-refractivity contribution is -0.138. The maximum atomic E-state index is 12.0. The second kappa shape index (κ2) is 8.64. The maximum Gasteiger partial charge on any atom is 0.324 e. The number of carbonyl (C=O) groups excluding carboxylic acids is 2. The van der Waals surface area contributed by atoms with Crippen LogP contribution in [0.25, 0.3) is 0 Å². The predicted molar refractivity (Wildman–Crippen MR) is 78.8 cm³/mol. The van der Waals surface area contributed by atoms with Crippen LogP contribution in [0.15, 0.2) is 0 Å². The summed E-state index contributed by atoms with van der Waals surface area (Å²) in [5.41, 5.74) is 0. The molecular formula is C15H26N2O4. The zero-order valence-electron chi connectivity index (χ0n) is 12.9. The third kappa shape index (κ3) is 6.60. The van der Waals surface area contributed by atoms with Gasteiger partial charge in [0.1, 0.15) is 0 Å². The van der Waals surface area contributed by atoms with E-state index in [9.17, 15) is 14.4 Å². The molecule has 1 fully saturated rings. The van der Waals surface area contributed by atoms with E-state index in [4.69, 9.17) is 5.11 Å². The molecule has 21 heavy (non-hydrogen) atoms. The zero-order chi connectivity index (χ0) is 15.8. The van der Waals surface area contributed by atoms with Gasteiger partial charge in [-0.2, -0.15) is 0 Å². The van der Waals surface area contributed by atoms with Crippen LogP contribution in [-0.4, -0.2) is 41.0 Å². The molecule has 1 saturated heterocycles. The summed E-state index contributed by atoms with van der Waals surface area (Å²) in [5.74, 6) is -0.917. The van der Waals surface area contributed by atoms with Crippen molar-refractivity contribution in [3.8, 4) is 0 Å². The average molecular weight is 298 g/mol. The Morgan fingerprint density at radius 2 is 1.86 bits per heavy atom. The van der Waals surface area contributed by atoms with E-state index >= 15 is 0 Å². The highest BCUT2D eigenvalue weighted by atomic mass is 16.4. The van der Waals surface area contributed by atoms with Gasteiger partial charge in [0.05, 0.1) is 0 Å². The molecule has 1 unspecified atom stereocenters. The van der Waals surface area contributed by atoms with Gasteiger partial charge in [-0.1, -0.05) is 26.7 Å². The highest BCUT2D eigenvalue weighted by molar-refractivity contribution is 5.94. The summed E-state index contributed by atoms with van der Waals surface area (Å²) in [6.45, 7) is 5.23. The first kappa shape index (κ1) is 17.5. The number of rotatable bonds is 6. The number of carboxylic acids is 1. The van der Waals surface area contributed by atoms with E-state index in [0.717, 1.165) is 19.3 Å². The number of hydrogen-bond donors (Lipinski definition) is 2. The van der Waals surface area contributed by atoms with E-state index in [2.05, 4.69) is 12.2 Å². The minimum Gasteiger partial charge on any atom is -0.481 e. The third-order valence-corrected chi connectivity index (χ3v) is 3.90. The highest BCUT2D eigenvalue weighted by Crippen LogP contribution is 2.21. The van der Waals surface area contributed by atoms with Gasteiger partial charge in [0, 0.05) is 25.9 Å². The molecule has 0 aromatic rings. The Morgan fingerprint density at radius 1 is 1.24 bits per heavy atom. The lowest BCUT2D eigenvalue weighted by atomic mass is 9.93. The summed E-state index contributed by atoms with van der Waals surface area (Å²) in [6.07, 6.45) is 4.34. The number of nitrogens with one attached hydrogen (secondary N) is 1. The Labute approximate surface area is 125 Å². The fourth-order valence-electron chi connectivity index (χ4n) is 2.77. The van der Waals surface area contributed by atoms with Crippen molar-refractivity contribution >= 4 is 17.9 Å². The van der Waals surface area contributed by atoms with Crippen molar-refractivity contribution < 1.29 is 19.5 Å². The molecular weight excluding hydrogens is 272 g/mol. The molecule has 6 nitrogen and oxygen atoms in total. The number of amides is 3. The van der Waals surface area contributed by atoms with Crippen molar-refractivity contribution in [2.24, 2.45) is 11.8 Å². The monoisotopic (exact) mass is 298 g/mol. The summed E-state index contributed by atoms with van der Waals surface area (Å²) in [7, 11) is 0. The lowest BCUT2D eigenvalue weighted by Crippen LogP contribution is -2.46. The minimum absolute atomic E-state index is 0.0599. The van der Waals surface area contributed by atoms with Gasteiger partial charge in [-0.3, -0.25) is 14.9 Å². The van der Waals surface area contributed by atoms with Crippen LogP contribution in [0.1, 0.15) is 52.4 Å². The molecule has 0 spiro atoms. The molecule has 0 bridgehead atoms. The molecule has 1 rings (SSSR count). The number of urea groups is 1. The minimum atomic E-state index is -0.931. The van der Waals surface area contributed by atoms with E-state index in [1.54, 1.807) is 11.8 Å². The molecule has 120 valence electrons. The molecule has 1 heterocycles. The molecule has 1 atom stereocenters. The number of carboxylic acid groups (broad SMARTS) is 1. The van der Waals surface area contributed by atoms with Gasteiger partial charge in [0.15, 0.2) is 0 Å². The van der Waals surface area contributed by atoms with Crippen LogP contribution in [0.4, 0.5) is 4.79 Å². The second-order valence-electron chi connectivity index (χ2n) is 5.98. The normalized spacial score (nSPS) is 17.3. The van der Waals surface area contributed by atoms with Crippen LogP contribution in [0, 0.1) is 11.8 Å². The molecule has 1 aliphatic heterocycles. The summed E-state index contributed by atoms with van der Waals surface area (Å²) in [5, 5.41) is 11.0. The third-order valence-electron chi connectivity index (χ3n) is 3.90. The van der Waals surface area contributed by atoms with Gasteiger partial charge in [-0.15, -0.1) is 0 Å². The number of likely N-dealkylation sites (tertiary alicyclic amines) is 1. The van der Waals surface area contributed by atoms with Crippen LogP contribution in [-0.2, 0) is 9.59 Å². The van der Waals surface area contributed by atoms with Crippen LogP contribution < -0.4 is 5.32 Å². The molecule has 3 amide bonds. The van der Waals surface area contributed by atoms with E-state index in [0.29, 0.717) is 19.0 Å². The van der Waals surface area contributed by atoms with Gasteiger partial charge in [-0.05, 0) is 24.7 Å². The quantitative estimate of drug-likeness (QED) is 0.787. The fraction of sp³-hybridized carbons (Fsp3) is 0.800. The first-order valence-electron chi connectivity index (χ1n) is 7.72. The first-order chi connectivity index (χ1) is 9.92. The Morgan fingerprint density at radius 3 is 2.38 bits per heavy atom. The standard InChI is InChI=1S/C15H26N2O4/c1-3-4-12-5-7-17(8-6-12)15(21)16-13(18)9-11(2)10-14(19)20/h11-12H,3-10H2,1-2H3,(H,19,20)(H,16,18,21). The number of piperidine rings is 1. The predicted octanol–water partition coefficient (Wildman–Crippen LogP) is 2.24. The molecule has 0 radical (unpaired) electrons. The van der Waals surface area contributed by atoms with Crippen molar-refractivity contribution in [3.05, 3.63) is 0 Å². The van der Waals surface area contributed by atoms with Gasteiger partial charge in [-0.25, -0.2) is 4.79 Å². The summed E-state index contributed by atoms with van der Waals surface area (Å²) in [6, 6.07) is -0.350. The van der Waals surface area contributed by atoms with Crippen LogP contribution in [0.2, 0.25) is 0 Å². The van der Waals surface area contributed by atoms with E-state index in [-0.39, 0.29) is 24.8 Å². The van der Waals surface area contributed by atoms with E-state index in [1.807, 2.05) is 0 Å². The molecule has 0 aliphatic carbocycles. The second-order valence-corrected chi connectivity index (χ2v) is 5.98. The van der Waals surface area contributed by atoms with E-state index < -0.39 is 11.9 Å². The van der Waals surface area contributed by atoms with Crippen LogP contribution >= 0.6 is 0 Å². The van der Waals surface area contributed by atoms with Crippen molar-refractivity contribution in [1.29, 1.82) is 0 Å². The van der Waals surface area contributed by atoms with Crippen molar-refractivity contribution in [2.75, 3.05) is 13.1 Å². The van der Waals surface area contributed by atoms with Gasteiger partial charge in [0.2, 0.25) is 5.91 Å². The average Bonchev–Trinajstić information content (AvgIpc) is 2.38. The molecule has 6 heteroatoms. The number of carbonyl (C=O) groups is 3. The summed E-state index contributed by atoms with van der Waals surface area (Å²) >= 11 is 0. The topological polar surface area (TPSA) is 86.7 Å². The SMILES string of the molecule is CCCC1CCN(C(=O)NC(=O)CC(C)CC(=O)O)CC1. The smallest absolute Gasteiger partial charge is 0.324 e. The molecule has 0 aromatic carbocycles. The maximum absolute atomic E-state index is 12.0. The van der Waals surface area contributed by atoms with Crippen molar-refractivity contribution in [1.82, 2.24) is 10.2 Å². The molecule has 0 aromatic heterocycles. The van der Waals surface area contributed by atoms with Crippen molar-refractivity contribution in [3.63, 3.8) is 0 Å². The summed E-state index contributed by atoms with van der Waals surface area (Å²) in [4.78, 5) is 35.9. The summed E-state index contributed by atoms with van der Waals surface area (Å²) < 4.78 is 0. The number of hydrogen-bond acceptors (Lipinski definition) is 3. The molecule has 2 N–H and O–H groups in total. The number of imide groups is 1.